The van der Waals surface area contributed by atoms with E-state index in [9.17, 15) is 14.4 Å². The van der Waals surface area contributed by atoms with Crippen molar-refractivity contribution < 1.29 is 14.4 Å². The van der Waals surface area contributed by atoms with E-state index in [-0.39, 0.29) is 24.0 Å². The normalized spacial score (nSPS) is 18.5. The molecule has 8 heteroatoms. The number of ketones is 1. The Morgan fingerprint density at radius 2 is 1.74 bits per heavy atom. The largest absolute Gasteiger partial charge is 0.342 e. The summed E-state index contributed by atoms with van der Waals surface area (Å²) in [5, 5.41) is 1.13. The third kappa shape index (κ3) is 3.55. The molecular weight excluding hydrogens is 416 g/mol. The maximum Gasteiger partial charge on any atom is 0.260 e. The van der Waals surface area contributed by atoms with Crippen LogP contribution in [0.1, 0.15) is 41.2 Å². The molecule has 4 heterocycles. The SMILES string of the molecule is O=C1CCN(C(=O)C[C@H]2c3ccccc3C(=O)N2c2ccc3ccc(Cl)nc3n2)CC1. The van der Waals surface area contributed by atoms with Crippen molar-refractivity contribution in [1.82, 2.24) is 14.9 Å². The second-order valence-corrected chi connectivity index (χ2v) is 8.14. The van der Waals surface area contributed by atoms with Crippen LogP contribution in [0.4, 0.5) is 5.82 Å². The molecule has 3 aromatic rings. The number of hydrogen-bond acceptors (Lipinski definition) is 5. The molecule has 0 bridgehead atoms. The zero-order valence-corrected chi connectivity index (χ0v) is 17.4. The number of benzene rings is 1. The zero-order valence-electron chi connectivity index (χ0n) is 16.6. The lowest BCUT2D eigenvalue weighted by Gasteiger charge is -2.30. The van der Waals surface area contributed by atoms with Gasteiger partial charge in [0.25, 0.3) is 5.91 Å². The summed E-state index contributed by atoms with van der Waals surface area (Å²) in [6, 6.07) is 14.0. The van der Waals surface area contributed by atoms with Gasteiger partial charge in [0, 0.05) is 36.9 Å². The number of halogens is 1. The maximum atomic E-state index is 13.3. The summed E-state index contributed by atoms with van der Waals surface area (Å²) in [6.45, 7) is 0.854. The number of piperidine rings is 1. The Hall–Kier alpha value is -3.32. The maximum absolute atomic E-state index is 13.3. The fraction of sp³-hybridized carbons (Fsp3) is 0.261. The first-order valence-corrected chi connectivity index (χ1v) is 10.5. The van der Waals surface area contributed by atoms with Crippen molar-refractivity contribution in [3.63, 3.8) is 0 Å². The summed E-state index contributed by atoms with van der Waals surface area (Å²) >= 11 is 6.02. The van der Waals surface area contributed by atoms with E-state index < -0.39 is 6.04 Å². The summed E-state index contributed by atoms with van der Waals surface area (Å²) in [4.78, 5) is 50.0. The summed E-state index contributed by atoms with van der Waals surface area (Å²) in [5.74, 6) is 0.332. The van der Waals surface area contributed by atoms with Crippen molar-refractivity contribution in [2.24, 2.45) is 0 Å². The highest BCUT2D eigenvalue weighted by atomic mass is 35.5. The lowest BCUT2D eigenvalue weighted by molar-refractivity contribution is -0.134. The third-order valence-electron chi connectivity index (χ3n) is 5.87. The number of amides is 2. The molecule has 1 aromatic carbocycles. The molecule has 2 aromatic heterocycles. The van der Waals surface area contributed by atoms with Crippen molar-refractivity contribution in [2.45, 2.75) is 25.3 Å². The highest BCUT2D eigenvalue weighted by Gasteiger charge is 2.40. The molecule has 0 aliphatic carbocycles. The number of fused-ring (bicyclic) bond motifs is 2. The quantitative estimate of drug-likeness (QED) is 0.588. The van der Waals surface area contributed by atoms with E-state index in [4.69, 9.17) is 11.6 Å². The van der Waals surface area contributed by atoms with Gasteiger partial charge in [-0.1, -0.05) is 29.8 Å². The molecule has 7 nitrogen and oxygen atoms in total. The lowest BCUT2D eigenvalue weighted by atomic mass is 10.0. The van der Waals surface area contributed by atoms with Crippen molar-refractivity contribution in [3.05, 3.63) is 64.8 Å². The molecule has 1 fully saturated rings. The number of Topliss-reactive ketones (excluding diaryl/α,β-unsaturated/α-hetero) is 1. The van der Waals surface area contributed by atoms with Crippen LogP contribution < -0.4 is 4.90 Å². The predicted molar refractivity (Wildman–Crippen MR) is 116 cm³/mol. The number of pyridine rings is 2. The van der Waals surface area contributed by atoms with Gasteiger partial charge in [-0.2, -0.15) is 0 Å². The molecule has 0 radical (unpaired) electrons. The Morgan fingerprint density at radius 3 is 2.55 bits per heavy atom. The van der Waals surface area contributed by atoms with Crippen LogP contribution >= 0.6 is 11.6 Å². The average molecular weight is 435 g/mol. The highest BCUT2D eigenvalue weighted by molar-refractivity contribution is 6.29. The number of rotatable bonds is 3. The Kier molecular flexibility index (Phi) is 4.90. The van der Waals surface area contributed by atoms with Gasteiger partial charge in [0.05, 0.1) is 12.5 Å². The van der Waals surface area contributed by atoms with Crippen LogP contribution in [0.3, 0.4) is 0 Å². The molecule has 0 saturated carbocycles. The molecule has 2 aliphatic heterocycles. The Morgan fingerprint density at radius 1 is 1.00 bits per heavy atom. The van der Waals surface area contributed by atoms with Gasteiger partial charge < -0.3 is 4.90 Å². The van der Waals surface area contributed by atoms with Crippen LogP contribution in [-0.4, -0.2) is 45.6 Å². The molecule has 0 spiro atoms. The molecule has 2 amide bonds. The van der Waals surface area contributed by atoms with Crippen molar-refractivity contribution >= 4 is 46.0 Å². The van der Waals surface area contributed by atoms with E-state index in [0.29, 0.717) is 48.1 Å². The third-order valence-corrected chi connectivity index (χ3v) is 6.08. The predicted octanol–water partition coefficient (Wildman–Crippen LogP) is 3.57. The first kappa shape index (κ1) is 19.6. The van der Waals surface area contributed by atoms with E-state index in [1.165, 1.54) is 0 Å². The monoisotopic (exact) mass is 434 g/mol. The highest BCUT2D eigenvalue weighted by Crippen LogP contribution is 2.39. The first-order chi connectivity index (χ1) is 15.0. The van der Waals surface area contributed by atoms with Crippen LogP contribution in [0.25, 0.3) is 11.0 Å². The fourth-order valence-corrected chi connectivity index (χ4v) is 4.40. The van der Waals surface area contributed by atoms with Gasteiger partial charge in [-0.3, -0.25) is 19.3 Å². The minimum Gasteiger partial charge on any atom is -0.342 e. The van der Waals surface area contributed by atoms with E-state index in [1.807, 2.05) is 30.3 Å². The van der Waals surface area contributed by atoms with Crippen LogP contribution in [0, 0.1) is 0 Å². The number of nitrogens with zero attached hydrogens (tertiary/aromatic N) is 4. The number of likely N-dealkylation sites (tertiary alicyclic amines) is 1. The summed E-state index contributed by atoms with van der Waals surface area (Å²) in [5.41, 5.74) is 1.80. The Bertz CT molecular complexity index is 1220. The van der Waals surface area contributed by atoms with E-state index in [1.54, 1.807) is 28.0 Å². The van der Waals surface area contributed by atoms with E-state index in [0.717, 1.165) is 10.9 Å². The molecule has 0 N–H and O–H groups in total. The number of hydrogen-bond donors (Lipinski definition) is 0. The van der Waals surface area contributed by atoms with Gasteiger partial charge in [0.2, 0.25) is 5.91 Å². The van der Waals surface area contributed by atoms with Gasteiger partial charge in [-0.25, -0.2) is 9.97 Å². The van der Waals surface area contributed by atoms with Crippen LogP contribution in [0.15, 0.2) is 48.5 Å². The molecular formula is C23H19ClN4O3. The summed E-state index contributed by atoms with van der Waals surface area (Å²) < 4.78 is 0. The minimum atomic E-state index is -0.474. The molecule has 1 saturated heterocycles. The second-order valence-electron chi connectivity index (χ2n) is 7.75. The zero-order chi connectivity index (χ0) is 21.5. The van der Waals surface area contributed by atoms with Gasteiger partial charge in [-0.15, -0.1) is 0 Å². The number of aromatic nitrogens is 2. The minimum absolute atomic E-state index is 0.0750. The van der Waals surface area contributed by atoms with Gasteiger partial charge in [-0.05, 0) is 35.9 Å². The van der Waals surface area contributed by atoms with Crippen LogP contribution in [0.2, 0.25) is 5.15 Å². The lowest BCUT2D eigenvalue weighted by Crippen LogP contribution is -2.40. The van der Waals surface area contributed by atoms with Crippen molar-refractivity contribution in [2.75, 3.05) is 18.0 Å². The molecule has 5 rings (SSSR count). The van der Waals surface area contributed by atoms with Crippen molar-refractivity contribution in [3.8, 4) is 0 Å². The molecule has 0 unspecified atom stereocenters. The van der Waals surface area contributed by atoms with E-state index in [2.05, 4.69) is 9.97 Å². The second kappa shape index (κ2) is 7.74. The molecule has 1 atom stereocenters. The number of carbonyl (C=O) groups is 3. The molecule has 31 heavy (non-hydrogen) atoms. The molecule has 156 valence electrons. The smallest absolute Gasteiger partial charge is 0.260 e. The van der Waals surface area contributed by atoms with Gasteiger partial charge >= 0.3 is 0 Å². The topological polar surface area (TPSA) is 83.5 Å². The standard InChI is InChI=1S/C23H19ClN4O3/c24-19-7-5-14-6-8-20(26-22(14)25-19)28-18(16-3-1-2-4-17(16)23(28)31)13-21(30)27-11-9-15(29)10-12-27/h1-8,18H,9-13H2/t18-/m0/s1. The summed E-state index contributed by atoms with van der Waals surface area (Å²) in [6.07, 6.45) is 0.891. The first-order valence-electron chi connectivity index (χ1n) is 10.2. The van der Waals surface area contributed by atoms with Crippen molar-refractivity contribution in [1.29, 1.82) is 0 Å². The van der Waals surface area contributed by atoms with Gasteiger partial charge in [0.1, 0.15) is 16.8 Å². The van der Waals surface area contributed by atoms with E-state index >= 15 is 0 Å². The van der Waals surface area contributed by atoms with Gasteiger partial charge in [0.15, 0.2) is 5.65 Å². The number of anilines is 1. The fourth-order valence-electron chi connectivity index (χ4n) is 4.26. The number of carbonyl (C=O) groups excluding carboxylic acids is 3. The summed E-state index contributed by atoms with van der Waals surface area (Å²) in [7, 11) is 0. The van der Waals surface area contributed by atoms with Crippen LogP contribution in [0.5, 0.6) is 0 Å². The van der Waals surface area contributed by atoms with Crippen LogP contribution in [-0.2, 0) is 9.59 Å². The molecule has 2 aliphatic rings. The Balaban J connectivity index is 1.51. The Labute approximate surface area is 183 Å². The average Bonchev–Trinajstić information content (AvgIpc) is 3.05.